The number of nitrogens with zero attached hydrogens (tertiary/aromatic N) is 1. The molecule has 2 N–H and O–H groups in total. The van der Waals surface area contributed by atoms with Gasteiger partial charge in [0.2, 0.25) is 5.88 Å². The smallest absolute Gasteiger partial charge is 0.349 e. The summed E-state index contributed by atoms with van der Waals surface area (Å²) in [6, 6.07) is 23.5. The molecule has 0 saturated carbocycles. The van der Waals surface area contributed by atoms with Crippen LogP contribution in [0.25, 0.3) is 0 Å². The molecule has 7 nitrogen and oxygen atoms in total. The molecule has 0 fully saturated rings. The summed E-state index contributed by atoms with van der Waals surface area (Å²) in [5.74, 6) is 0.942. The summed E-state index contributed by atoms with van der Waals surface area (Å²) in [7, 11) is 0. The first-order chi connectivity index (χ1) is 16.6. The summed E-state index contributed by atoms with van der Waals surface area (Å²) < 4.78 is 22.0. The van der Waals surface area contributed by atoms with E-state index in [1.807, 2.05) is 42.5 Å². The second kappa shape index (κ2) is 10.3. The normalized spacial score (nSPS) is 14.3. The zero-order valence-electron chi connectivity index (χ0n) is 18.3. The van der Waals surface area contributed by atoms with Gasteiger partial charge in [0.1, 0.15) is 41.2 Å². The van der Waals surface area contributed by atoms with Crippen LogP contribution in [0.1, 0.15) is 17.0 Å². The first-order valence-electron chi connectivity index (χ1n) is 10.5. The number of ether oxygens (including phenoxy) is 4. The van der Waals surface area contributed by atoms with Crippen LogP contribution < -0.4 is 24.7 Å². The molecule has 34 heavy (non-hydrogen) atoms. The summed E-state index contributed by atoms with van der Waals surface area (Å²) in [5.41, 5.74) is 7.93. The summed E-state index contributed by atoms with van der Waals surface area (Å²) >= 11 is 0. The molecular weight excluding hydrogens is 432 g/mol. The van der Waals surface area contributed by atoms with Crippen LogP contribution in [0.5, 0.6) is 23.0 Å². The SMILES string of the molecule is C=CCOc1ccc(C2C(C#N)=C(N)Oc3cc(OC(=O)COc4ccccc4)ccc32)cc1. The van der Waals surface area contributed by atoms with Crippen molar-refractivity contribution >= 4 is 5.97 Å². The van der Waals surface area contributed by atoms with E-state index in [9.17, 15) is 10.1 Å². The van der Waals surface area contributed by atoms with E-state index in [2.05, 4.69) is 12.6 Å². The van der Waals surface area contributed by atoms with Crippen molar-refractivity contribution in [1.82, 2.24) is 0 Å². The van der Waals surface area contributed by atoms with Crippen LogP contribution in [0.2, 0.25) is 0 Å². The topological polar surface area (TPSA) is 104 Å². The Kier molecular flexibility index (Phi) is 6.80. The molecule has 1 aliphatic rings. The number of carbonyl (C=O) groups is 1. The zero-order valence-corrected chi connectivity index (χ0v) is 18.3. The maximum atomic E-state index is 12.2. The van der Waals surface area contributed by atoms with E-state index in [1.165, 1.54) is 0 Å². The number of benzene rings is 3. The summed E-state index contributed by atoms with van der Waals surface area (Å²) in [5, 5.41) is 9.73. The molecule has 7 heteroatoms. The average Bonchev–Trinajstić information content (AvgIpc) is 2.86. The van der Waals surface area contributed by atoms with E-state index in [-0.39, 0.29) is 18.2 Å². The lowest BCUT2D eigenvalue weighted by atomic mass is 9.83. The number of allylic oxidation sites excluding steroid dienone is 1. The molecule has 0 aromatic heterocycles. The lowest BCUT2D eigenvalue weighted by Gasteiger charge is -2.26. The molecular formula is C27H22N2O5. The van der Waals surface area contributed by atoms with Gasteiger partial charge in [0.15, 0.2) is 6.61 Å². The first-order valence-corrected chi connectivity index (χ1v) is 10.5. The van der Waals surface area contributed by atoms with Gasteiger partial charge in [-0.05, 0) is 35.9 Å². The molecule has 0 bridgehead atoms. The van der Waals surface area contributed by atoms with Crippen molar-refractivity contribution in [1.29, 1.82) is 5.26 Å². The Bertz CT molecular complexity index is 1260. The summed E-state index contributed by atoms with van der Waals surface area (Å²) in [6.07, 6.45) is 1.66. The third kappa shape index (κ3) is 5.03. The number of hydrogen-bond acceptors (Lipinski definition) is 7. The van der Waals surface area contributed by atoms with E-state index in [0.717, 1.165) is 11.1 Å². The predicted molar refractivity (Wildman–Crippen MR) is 125 cm³/mol. The Labute approximate surface area is 197 Å². The van der Waals surface area contributed by atoms with Crippen LogP contribution in [0.4, 0.5) is 0 Å². The van der Waals surface area contributed by atoms with Crippen molar-refractivity contribution in [2.75, 3.05) is 13.2 Å². The van der Waals surface area contributed by atoms with Gasteiger partial charge in [0.05, 0.1) is 5.92 Å². The largest absolute Gasteiger partial charge is 0.490 e. The zero-order chi connectivity index (χ0) is 23.9. The van der Waals surface area contributed by atoms with Gasteiger partial charge in [-0.25, -0.2) is 4.79 Å². The maximum absolute atomic E-state index is 12.2. The van der Waals surface area contributed by atoms with Gasteiger partial charge in [0, 0.05) is 11.6 Å². The Morgan fingerprint density at radius 2 is 1.74 bits per heavy atom. The number of para-hydroxylation sites is 1. The van der Waals surface area contributed by atoms with Gasteiger partial charge < -0.3 is 24.7 Å². The maximum Gasteiger partial charge on any atom is 0.349 e. The van der Waals surface area contributed by atoms with Crippen LogP contribution >= 0.6 is 0 Å². The van der Waals surface area contributed by atoms with Gasteiger partial charge in [-0.2, -0.15) is 5.26 Å². The third-order valence-electron chi connectivity index (χ3n) is 5.10. The Balaban J connectivity index is 1.54. The standard InChI is InChI=1S/C27H22N2O5/c1-2-14-31-20-10-8-18(9-11-20)26-22-13-12-21(15-24(22)34-27(29)23(26)16-28)33-25(30)17-32-19-6-4-3-5-7-19/h2-13,15,26H,1,14,17,29H2. The molecule has 0 saturated heterocycles. The number of fused-ring (bicyclic) bond motifs is 1. The first kappa shape index (κ1) is 22.5. The Morgan fingerprint density at radius 3 is 2.44 bits per heavy atom. The van der Waals surface area contributed by atoms with Crippen molar-refractivity contribution in [3.05, 3.63) is 108 Å². The highest BCUT2D eigenvalue weighted by Crippen LogP contribution is 2.43. The second-order valence-corrected chi connectivity index (χ2v) is 7.37. The lowest BCUT2D eigenvalue weighted by molar-refractivity contribution is -0.136. The van der Waals surface area contributed by atoms with Crippen molar-refractivity contribution < 1.29 is 23.7 Å². The van der Waals surface area contributed by atoms with E-state index in [4.69, 9.17) is 24.7 Å². The predicted octanol–water partition coefficient (Wildman–Crippen LogP) is 4.45. The highest BCUT2D eigenvalue weighted by molar-refractivity contribution is 5.74. The third-order valence-corrected chi connectivity index (χ3v) is 5.10. The molecule has 170 valence electrons. The Morgan fingerprint density at radius 1 is 1.03 bits per heavy atom. The van der Waals surface area contributed by atoms with E-state index in [1.54, 1.807) is 36.4 Å². The summed E-state index contributed by atoms with van der Waals surface area (Å²) in [6.45, 7) is 3.79. The fourth-order valence-electron chi connectivity index (χ4n) is 3.57. The number of nitrogens with two attached hydrogens (primary N) is 1. The van der Waals surface area contributed by atoms with Crippen LogP contribution in [0, 0.1) is 11.3 Å². The van der Waals surface area contributed by atoms with Crippen molar-refractivity contribution in [3.63, 3.8) is 0 Å². The minimum atomic E-state index is -0.562. The minimum absolute atomic E-state index is 0.00266. The van der Waals surface area contributed by atoms with Crippen LogP contribution in [-0.2, 0) is 4.79 Å². The molecule has 1 atom stereocenters. The highest BCUT2D eigenvalue weighted by atomic mass is 16.6. The van der Waals surface area contributed by atoms with Crippen molar-refractivity contribution in [2.24, 2.45) is 5.73 Å². The molecule has 0 spiro atoms. The molecule has 0 aliphatic carbocycles. The fraction of sp³-hybridized carbons (Fsp3) is 0.111. The number of carbonyl (C=O) groups excluding carboxylic acids is 1. The van der Waals surface area contributed by atoms with Gasteiger partial charge in [0.25, 0.3) is 0 Å². The van der Waals surface area contributed by atoms with Gasteiger partial charge >= 0.3 is 5.97 Å². The van der Waals surface area contributed by atoms with E-state index in [0.29, 0.717) is 29.4 Å². The van der Waals surface area contributed by atoms with Crippen molar-refractivity contribution in [3.8, 4) is 29.1 Å². The van der Waals surface area contributed by atoms with Gasteiger partial charge in [-0.15, -0.1) is 0 Å². The average molecular weight is 454 g/mol. The molecule has 4 rings (SSSR count). The quantitative estimate of drug-likeness (QED) is 0.305. The molecule has 3 aromatic rings. The van der Waals surface area contributed by atoms with Crippen LogP contribution in [0.3, 0.4) is 0 Å². The summed E-state index contributed by atoms with van der Waals surface area (Å²) in [4.78, 5) is 12.2. The lowest BCUT2D eigenvalue weighted by Crippen LogP contribution is -2.21. The van der Waals surface area contributed by atoms with Crippen LogP contribution in [0.15, 0.2) is 96.9 Å². The molecule has 0 amide bonds. The number of esters is 1. The van der Waals surface area contributed by atoms with Crippen LogP contribution in [-0.4, -0.2) is 19.2 Å². The van der Waals surface area contributed by atoms with E-state index < -0.39 is 11.9 Å². The highest BCUT2D eigenvalue weighted by Gasteiger charge is 2.31. The molecule has 1 heterocycles. The minimum Gasteiger partial charge on any atom is -0.490 e. The number of rotatable bonds is 8. The molecule has 1 aliphatic heterocycles. The number of hydrogen-bond donors (Lipinski definition) is 1. The Hall–Kier alpha value is -4.70. The fourth-order valence-corrected chi connectivity index (χ4v) is 3.57. The monoisotopic (exact) mass is 454 g/mol. The molecule has 0 radical (unpaired) electrons. The van der Waals surface area contributed by atoms with Crippen molar-refractivity contribution in [2.45, 2.75) is 5.92 Å². The molecule has 3 aromatic carbocycles. The number of nitriles is 1. The van der Waals surface area contributed by atoms with Gasteiger partial charge in [-0.3, -0.25) is 0 Å². The second-order valence-electron chi connectivity index (χ2n) is 7.37. The van der Waals surface area contributed by atoms with E-state index >= 15 is 0 Å². The van der Waals surface area contributed by atoms with Gasteiger partial charge in [-0.1, -0.05) is 49.1 Å². The molecule has 1 unspecified atom stereocenters.